The van der Waals surface area contributed by atoms with Gasteiger partial charge in [0.1, 0.15) is 0 Å². The van der Waals surface area contributed by atoms with E-state index in [0.29, 0.717) is 29.5 Å². The monoisotopic (exact) mass is 350 g/mol. The highest BCUT2D eigenvalue weighted by Crippen LogP contribution is 2.28. The van der Waals surface area contributed by atoms with Crippen LogP contribution in [0.5, 0.6) is 11.5 Å². The third-order valence-corrected chi connectivity index (χ3v) is 3.61. The SMILES string of the molecule is COc1cc(C(=O)N(C)CCC(C)C)ccc1OCC(=O)NC(C)C. The minimum absolute atomic E-state index is 0.0550. The maximum atomic E-state index is 12.5. The first kappa shape index (κ1) is 20.8. The highest BCUT2D eigenvalue weighted by atomic mass is 16.5. The summed E-state index contributed by atoms with van der Waals surface area (Å²) in [5.41, 5.74) is 0.530. The molecular weight excluding hydrogens is 320 g/mol. The summed E-state index contributed by atoms with van der Waals surface area (Å²) in [5.74, 6) is 1.13. The fourth-order valence-electron chi connectivity index (χ4n) is 2.20. The first-order chi connectivity index (χ1) is 11.7. The molecule has 0 aliphatic carbocycles. The molecule has 6 nitrogen and oxygen atoms in total. The average molecular weight is 350 g/mol. The van der Waals surface area contributed by atoms with Crippen molar-refractivity contribution in [2.24, 2.45) is 5.92 Å². The Kier molecular flexibility index (Phi) is 8.25. The molecule has 2 amide bonds. The molecule has 6 heteroatoms. The van der Waals surface area contributed by atoms with Gasteiger partial charge in [-0.2, -0.15) is 0 Å². The van der Waals surface area contributed by atoms with E-state index in [1.807, 2.05) is 13.8 Å². The van der Waals surface area contributed by atoms with Crippen molar-refractivity contribution in [2.75, 3.05) is 27.3 Å². The Morgan fingerprint density at radius 1 is 1.16 bits per heavy atom. The lowest BCUT2D eigenvalue weighted by molar-refractivity contribution is -0.123. The minimum Gasteiger partial charge on any atom is -0.493 e. The minimum atomic E-state index is -0.203. The van der Waals surface area contributed by atoms with Crippen LogP contribution in [0.25, 0.3) is 0 Å². The van der Waals surface area contributed by atoms with Crippen molar-refractivity contribution in [1.82, 2.24) is 10.2 Å². The molecule has 0 fully saturated rings. The molecule has 25 heavy (non-hydrogen) atoms. The van der Waals surface area contributed by atoms with E-state index in [4.69, 9.17) is 9.47 Å². The highest BCUT2D eigenvalue weighted by Gasteiger charge is 2.16. The molecule has 1 rings (SSSR count). The molecule has 0 bridgehead atoms. The van der Waals surface area contributed by atoms with Gasteiger partial charge in [0.25, 0.3) is 11.8 Å². The van der Waals surface area contributed by atoms with Crippen LogP contribution in [-0.2, 0) is 4.79 Å². The number of methoxy groups -OCH3 is 1. The van der Waals surface area contributed by atoms with Gasteiger partial charge in [0.2, 0.25) is 0 Å². The Morgan fingerprint density at radius 2 is 1.84 bits per heavy atom. The molecule has 0 unspecified atom stereocenters. The number of rotatable bonds is 9. The zero-order chi connectivity index (χ0) is 19.0. The lowest BCUT2D eigenvalue weighted by Crippen LogP contribution is -2.34. The van der Waals surface area contributed by atoms with E-state index in [1.54, 1.807) is 30.1 Å². The molecule has 1 N–H and O–H groups in total. The lowest BCUT2D eigenvalue weighted by atomic mass is 10.1. The number of amides is 2. The molecule has 0 heterocycles. The Morgan fingerprint density at radius 3 is 2.40 bits per heavy atom. The number of carbonyl (C=O) groups excluding carboxylic acids is 2. The van der Waals surface area contributed by atoms with Crippen molar-refractivity contribution in [3.63, 3.8) is 0 Å². The van der Waals surface area contributed by atoms with Crippen molar-refractivity contribution in [3.05, 3.63) is 23.8 Å². The van der Waals surface area contributed by atoms with Crippen LogP contribution in [0.15, 0.2) is 18.2 Å². The van der Waals surface area contributed by atoms with E-state index in [1.165, 1.54) is 7.11 Å². The highest BCUT2D eigenvalue weighted by molar-refractivity contribution is 5.94. The fourth-order valence-corrected chi connectivity index (χ4v) is 2.20. The number of carbonyl (C=O) groups is 2. The average Bonchev–Trinajstić information content (AvgIpc) is 2.56. The van der Waals surface area contributed by atoms with Gasteiger partial charge in [-0.1, -0.05) is 13.8 Å². The van der Waals surface area contributed by atoms with E-state index in [-0.39, 0.29) is 24.5 Å². The number of nitrogens with zero attached hydrogens (tertiary/aromatic N) is 1. The van der Waals surface area contributed by atoms with Gasteiger partial charge in [0.15, 0.2) is 18.1 Å². The zero-order valence-corrected chi connectivity index (χ0v) is 16.1. The predicted octanol–water partition coefficient (Wildman–Crippen LogP) is 2.72. The van der Waals surface area contributed by atoms with Gasteiger partial charge < -0.3 is 19.7 Å². The molecule has 0 saturated heterocycles. The van der Waals surface area contributed by atoms with Crippen molar-refractivity contribution in [2.45, 2.75) is 40.2 Å². The van der Waals surface area contributed by atoms with E-state index >= 15 is 0 Å². The van der Waals surface area contributed by atoms with E-state index < -0.39 is 0 Å². The van der Waals surface area contributed by atoms with Crippen LogP contribution >= 0.6 is 0 Å². The normalized spacial score (nSPS) is 10.7. The maximum Gasteiger partial charge on any atom is 0.258 e. The van der Waals surface area contributed by atoms with Crippen LogP contribution < -0.4 is 14.8 Å². The first-order valence-corrected chi connectivity index (χ1v) is 8.60. The molecule has 0 saturated carbocycles. The molecule has 0 aliphatic rings. The second-order valence-electron chi connectivity index (χ2n) is 6.79. The quantitative estimate of drug-likeness (QED) is 0.743. The van der Waals surface area contributed by atoms with Crippen LogP contribution in [0.1, 0.15) is 44.5 Å². The van der Waals surface area contributed by atoms with Crippen molar-refractivity contribution in [3.8, 4) is 11.5 Å². The summed E-state index contributed by atoms with van der Waals surface area (Å²) in [6, 6.07) is 5.04. The summed E-state index contributed by atoms with van der Waals surface area (Å²) >= 11 is 0. The summed E-state index contributed by atoms with van der Waals surface area (Å²) in [4.78, 5) is 25.9. The Bertz CT molecular complexity index is 585. The summed E-state index contributed by atoms with van der Waals surface area (Å²) in [7, 11) is 3.30. The molecule has 0 radical (unpaired) electrons. The third-order valence-electron chi connectivity index (χ3n) is 3.61. The Labute approximate surface area is 150 Å². The maximum absolute atomic E-state index is 12.5. The summed E-state index contributed by atoms with van der Waals surface area (Å²) < 4.78 is 10.8. The standard InChI is InChI=1S/C19H30N2O4/c1-13(2)9-10-21(5)19(23)15-7-8-16(17(11-15)24-6)25-12-18(22)20-14(3)4/h7-8,11,13-14H,9-10,12H2,1-6H3,(H,20,22). The predicted molar refractivity (Wildman–Crippen MR) is 98.2 cm³/mol. The fraction of sp³-hybridized carbons (Fsp3) is 0.579. The number of ether oxygens (including phenoxy) is 2. The van der Waals surface area contributed by atoms with Gasteiger partial charge in [-0.15, -0.1) is 0 Å². The van der Waals surface area contributed by atoms with Gasteiger partial charge in [-0.05, 0) is 44.4 Å². The van der Waals surface area contributed by atoms with Crippen molar-refractivity contribution in [1.29, 1.82) is 0 Å². The number of benzene rings is 1. The van der Waals surface area contributed by atoms with Gasteiger partial charge in [-0.25, -0.2) is 0 Å². The lowest BCUT2D eigenvalue weighted by Gasteiger charge is -2.19. The first-order valence-electron chi connectivity index (χ1n) is 8.60. The van der Waals surface area contributed by atoms with E-state index in [0.717, 1.165) is 6.42 Å². The topological polar surface area (TPSA) is 67.9 Å². The summed E-state index contributed by atoms with van der Waals surface area (Å²) in [5, 5.41) is 2.75. The Balaban J connectivity index is 2.77. The van der Waals surface area contributed by atoms with Crippen LogP contribution in [0.3, 0.4) is 0 Å². The number of hydrogen-bond donors (Lipinski definition) is 1. The van der Waals surface area contributed by atoms with Crippen LogP contribution in [0, 0.1) is 5.92 Å². The second-order valence-corrected chi connectivity index (χ2v) is 6.79. The summed E-state index contributed by atoms with van der Waals surface area (Å²) in [6.45, 7) is 8.62. The zero-order valence-electron chi connectivity index (χ0n) is 16.1. The van der Waals surface area contributed by atoms with E-state index in [2.05, 4.69) is 19.2 Å². The number of nitrogens with one attached hydrogen (secondary N) is 1. The molecule has 0 spiro atoms. The molecule has 0 atom stereocenters. The number of hydrogen-bond acceptors (Lipinski definition) is 4. The smallest absolute Gasteiger partial charge is 0.258 e. The van der Waals surface area contributed by atoms with Gasteiger partial charge in [0.05, 0.1) is 7.11 Å². The molecule has 0 aliphatic heterocycles. The molecular formula is C19H30N2O4. The molecule has 140 valence electrons. The second kappa shape index (κ2) is 9.91. The molecule has 1 aromatic carbocycles. The summed E-state index contributed by atoms with van der Waals surface area (Å²) in [6.07, 6.45) is 0.950. The van der Waals surface area contributed by atoms with Crippen LogP contribution in [0.2, 0.25) is 0 Å². The van der Waals surface area contributed by atoms with Crippen molar-refractivity contribution >= 4 is 11.8 Å². The van der Waals surface area contributed by atoms with E-state index in [9.17, 15) is 9.59 Å². The van der Waals surface area contributed by atoms with Crippen LogP contribution in [-0.4, -0.2) is 50.1 Å². The molecule has 1 aromatic rings. The molecule has 0 aromatic heterocycles. The largest absolute Gasteiger partial charge is 0.493 e. The third kappa shape index (κ3) is 7.03. The van der Waals surface area contributed by atoms with Crippen molar-refractivity contribution < 1.29 is 19.1 Å². The van der Waals surface area contributed by atoms with Gasteiger partial charge in [0, 0.05) is 25.2 Å². The van der Waals surface area contributed by atoms with Gasteiger partial charge in [-0.3, -0.25) is 9.59 Å². The Hall–Kier alpha value is -2.24. The van der Waals surface area contributed by atoms with Crippen LogP contribution in [0.4, 0.5) is 0 Å². The van der Waals surface area contributed by atoms with Gasteiger partial charge >= 0.3 is 0 Å².